The fraction of sp³-hybridized carbons (Fsp3) is 0.360. The van der Waals surface area contributed by atoms with Gasteiger partial charge in [0.2, 0.25) is 0 Å². The zero-order valence-electron chi connectivity index (χ0n) is 18.9. The summed E-state index contributed by atoms with van der Waals surface area (Å²) in [5, 5.41) is 14.0. The van der Waals surface area contributed by atoms with Gasteiger partial charge in [0.05, 0.1) is 11.4 Å². The molecular weight excluding hydrogens is 388 g/mol. The van der Waals surface area contributed by atoms with Gasteiger partial charge in [-0.1, -0.05) is 32.0 Å². The summed E-state index contributed by atoms with van der Waals surface area (Å²) in [5.41, 5.74) is 5.15. The monoisotopic (exact) mass is 420 g/mol. The summed E-state index contributed by atoms with van der Waals surface area (Å²) in [7, 11) is 0. The average Bonchev–Trinajstić information content (AvgIpc) is 3.22. The molecule has 6 nitrogen and oxygen atoms in total. The number of carbonyl (C=O) groups is 1. The number of nitrogens with one attached hydrogen (secondary N) is 3. The summed E-state index contributed by atoms with van der Waals surface area (Å²) in [5.74, 6) is 0.527. The number of hydrogen-bond donors (Lipinski definition) is 3. The van der Waals surface area contributed by atoms with Crippen LogP contribution < -0.4 is 15.4 Å². The molecule has 3 aromatic rings. The van der Waals surface area contributed by atoms with Crippen LogP contribution in [-0.2, 0) is 4.79 Å². The Hall–Kier alpha value is -3.12. The van der Waals surface area contributed by atoms with Gasteiger partial charge in [-0.05, 0) is 68.3 Å². The van der Waals surface area contributed by atoms with Crippen LogP contribution in [0.4, 0.5) is 0 Å². The molecule has 0 saturated heterocycles. The van der Waals surface area contributed by atoms with E-state index in [4.69, 9.17) is 4.74 Å². The maximum Gasteiger partial charge on any atom is 0.258 e. The van der Waals surface area contributed by atoms with Crippen LogP contribution in [0.5, 0.6) is 5.75 Å². The van der Waals surface area contributed by atoms with Gasteiger partial charge in [-0.2, -0.15) is 5.10 Å². The summed E-state index contributed by atoms with van der Waals surface area (Å²) in [6.45, 7) is 10.3. The minimum Gasteiger partial charge on any atom is -0.484 e. The van der Waals surface area contributed by atoms with Crippen LogP contribution in [0, 0.1) is 0 Å². The number of aromatic amines is 1. The van der Waals surface area contributed by atoms with Gasteiger partial charge in [0.15, 0.2) is 6.61 Å². The van der Waals surface area contributed by atoms with E-state index in [0.29, 0.717) is 11.8 Å². The molecule has 0 radical (unpaired) electrons. The van der Waals surface area contributed by atoms with Crippen LogP contribution in [0.25, 0.3) is 22.5 Å². The molecule has 31 heavy (non-hydrogen) atoms. The van der Waals surface area contributed by atoms with Crippen molar-refractivity contribution in [1.29, 1.82) is 0 Å². The van der Waals surface area contributed by atoms with Crippen molar-refractivity contribution in [3.8, 4) is 28.3 Å². The van der Waals surface area contributed by atoms with E-state index in [0.717, 1.165) is 22.5 Å². The van der Waals surface area contributed by atoms with Crippen molar-refractivity contribution in [2.45, 2.75) is 52.7 Å². The molecule has 6 heteroatoms. The van der Waals surface area contributed by atoms with Gasteiger partial charge in [0.1, 0.15) is 5.75 Å². The van der Waals surface area contributed by atoms with E-state index in [2.05, 4.69) is 65.9 Å². The number of carbonyl (C=O) groups excluding carboxylic acids is 1. The van der Waals surface area contributed by atoms with E-state index >= 15 is 0 Å². The van der Waals surface area contributed by atoms with Crippen molar-refractivity contribution in [2.75, 3.05) is 6.61 Å². The summed E-state index contributed by atoms with van der Waals surface area (Å²) in [6.07, 6.45) is 0. The Balaban J connectivity index is 1.68. The van der Waals surface area contributed by atoms with Gasteiger partial charge >= 0.3 is 0 Å². The largest absolute Gasteiger partial charge is 0.484 e. The smallest absolute Gasteiger partial charge is 0.258 e. The first-order chi connectivity index (χ1) is 14.8. The number of ether oxygens (including phenoxy) is 1. The number of H-pyrrole nitrogens is 1. The van der Waals surface area contributed by atoms with Crippen molar-refractivity contribution >= 4 is 5.91 Å². The third-order valence-electron chi connectivity index (χ3n) is 4.83. The highest BCUT2D eigenvalue weighted by atomic mass is 16.5. The molecule has 1 aromatic heterocycles. The van der Waals surface area contributed by atoms with Gasteiger partial charge in [-0.15, -0.1) is 0 Å². The van der Waals surface area contributed by atoms with Crippen LogP contribution in [0.15, 0.2) is 54.6 Å². The van der Waals surface area contributed by atoms with Crippen molar-refractivity contribution in [1.82, 2.24) is 20.8 Å². The zero-order valence-corrected chi connectivity index (χ0v) is 18.9. The van der Waals surface area contributed by atoms with E-state index in [9.17, 15) is 4.79 Å². The highest BCUT2D eigenvalue weighted by Crippen LogP contribution is 2.27. The Bertz CT molecular complexity index is 993. The number of aromatic nitrogens is 2. The molecule has 1 heterocycles. The van der Waals surface area contributed by atoms with Crippen molar-refractivity contribution in [2.24, 2.45) is 0 Å². The van der Waals surface area contributed by atoms with Crippen LogP contribution >= 0.6 is 0 Å². The second-order valence-electron chi connectivity index (χ2n) is 8.37. The molecule has 164 valence electrons. The summed E-state index contributed by atoms with van der Waals surface area (Å²) >= 11 is 0. The van der Waals surface area contributed by atoms with E-state index in [-0.39, 0.29) is 24.6 Å². The van der Waals surface area contributed by atoms with Gasteiger partial charge in [-0.3, -0.25) is 9.89 Å². The molecular formula is C25H32N4O2. The SMILES string of the molecule is CC(C)NC(=O)COc1ccc(-c2cc(-c3cccc(C(C)NC(C)C)c3)n[nH]2)cc1. The summed E-state index contributed by atoms with van der Waals surface area (Å²) in [6, 6.07) is 18.9. The first-order valence-corrected chi connectivity index (χ1v) is 10.8. The molecule has 0 aliphatic rings. The van der Waals surface area contributed by atoms with Gasteiger partial charge in [-0.25, -0.2) is 0 Å². The normalized spacial score (nSPS) is 12.2. The lowest BCUT2D eigenvalue weighted by Crippen LogP contribution is -2.34. The molecule has 1 atom stereocenters. The van der Waals surface area contributed by atoms with E-state index in [1.807, 2.05) is 44.2 Å². The standard InChI is InChI=1S/C25H32N4O2/c1-16(2)26-18(5)20-7-6-8-21(13-20)24-14-23(28-29-24)19-9-11-22(12-10-19)31-15-25(30)27-17(3)4/h6-14,16-18,26H,15H2,1-5H3,(H,27,30)(H,28,29). The number of amides is 1. The molecule has 0 spiro atoms. The molecule has 3 N–H and O–H groups in total. The van der Waals surface area contributed by atoms with E-state index in [1.165, 1.54) is 5.56 Å². The van der Waals surface area contributed by atoms with E-state index in [1.54, 1.807) is 0 Å². The molecule has 3 rings (SSSR count). The minimum atomic E-state index is -0.127. The van der Waals surface area contributed by atoms with Crippen molar-refractivity contribution in [3.63, 3.8) is 0 Å². The number of hydrogen-bond acceptors (Lipinski definition) is 4. The molecule has 0 aliphatic carbocycles. The van der Waals surface area contributed by atoms with Gasteiger partial charge < -0.3 is 15.4 Å². The molecule has 1 unspecified atom stereocenters. The van der Waals surface area contributed by atoms with Crippen LogP contribution in [0.2, 0.25) is 0 Å². The van der Waals surface area contributed by atoms with Gasteiger partial charge in [0, 0.05) is 23.7 Å². The van der Waals surface area contributed by atoms with Crippen molar-refractivity contribution in [3.05, 3.63) is 60.2 Å². The lowest BCUT2D eigenvalue weighted by Gasteiger charge is -2.17. The molecule has 0 bridgehead atoms. The highest BCUT2D eigenvalue weighted by Gasteiger charge is 2.11. The fourth-order valence-corrected chi connectivity index (χ4v) is 3.42. The van der Waals surface area contributed by atoms with E-state index < -0.39 is 0 Å². The van der Waals surface area contributed by atoms with Crippen LogP contribution in [-0.4, -0.2) is 34.8 Å². The second kappa shape index (κ2) is 10.3. The third-order valence-corrected chi connectivity index (χ3v) is 4.83. The molecule has 1 amide bonds. The maximum absolute atomic E-state index is 11.7. The summed E-state index contributed by atoms with van der Waals surface area (Å²) in [4.78, 5) is 11.7. The highest BCUT2D eigenvalue weighted by molar-refractivity contribution is 5.77. The zero-order chi connectivity index (χ0) is 22.4. The number of rotatable bonds is 9. The Morgan fingerprint density at radius 1 is 0.968 bits per heavy atom. The first-order valence-electron chi connectivity index (χ1n) is 10.8. The first kappa shape index (κ1) is 22.6. The fourth-order valence-electron chi connectivity index (χ4n) is 3.42. The Labute approximate surface area is 184 Å². The topological polar surface area (TPSA) is 79.0 Å². The maximum atomic E-state index is 11.7. The van der Waals surface area contributed by atoms with Gasteiger partial charge in [0.25, 0.3) is 5.91 Å². The molecule has 0 saturated carbocycles. The predicted molar refractivity (Wildman–Crippen MR) is 125 cm³/mol. The Morgan fingerprint density at radius 3 is 2.39 bits per heavy atom. The molecule has 0 fully saturated rings. The predicted octanol–water partition coefficient (Wildman–Crippen LogP) is 4.71. The Morgan fingerprint density at radius 2 is 1.71 bits per heavy atom. The minimum absolute atomic E-state index is 0.00611. The number of nitrogens with zero attached hydrogens (tertiary/aromatic N) is 1. The van der Waals surface area contributed by atoms with Crippen LogP contribution in [0.3, 0.4) is 0 Å². The van der Waals surface area contributed by atoms with Crippen molar-refractivity contribution < 1.29 is 9.53 Å². The third kappa shape index (κ3) is 6.43. The average molecular weight is 421 g/mol. The lowest BCUT2D eigenvalue weighted by molar-refractivity contribution is -0.123. The second-order valence-corrected chi connectivity index (χ2v) is 8.37. The molecule has 0 aliphatic heterocycles. The summed E-state index contributed by atoms with van der Waals surface area (Å²) < 4.78 is 5.55. The number of benzene rings is 2. The molecule has 2 aromatic carbocycles. The van der Waals surface area contributed by atoms with Crippen LogP contribution in [0.1, 0.15) is 46.2 Å². The Kier molecular flexibility index (Phi) is 7.47. The quantitative estimate of drug-likeness (QED) is 0.469. The lowest BCUT2D eigenvalue weighted by atomic mass is 10.0.